The maximum atomic E-state index is 10.3. The Morgan fingerprint density at radius 3 is 2.33 bits per heavy atom. The molecule has 0 saturated carbocycles. The maximum Gasteiger partial charge on any atom is 0.326 e. The van der Waals surface area contributed by atoms with Gasteiger partial charge in [-0.3, -0.25) is 0 Å². The summed E-state index contributed by atoms with van der Waals surface area (Å²) in [6.45, 7) is -0.894. The summed E-state index contributed by atoms with van der Waals surface area (Å²) in [7, 11) is -3.56. The van der Waals surface area contributed by atoms with Gasteiger partial charge < -0.3 is 10.2 Å². The zero-order valence-corrected chi connectivity index (χ0v) is 5.98. The molecule has 0 fully saturated rings. The fourth-order valence-corrected chi connectivity index (χ4v) is 1.21. The Hall–Kier alpha value is 0.180. The first-order chi connectivity index (χ1) is 4.12. The van der Waals surface area contributed by atoms with Crippen LogP contribution in [0.4, 0.5) is 0 Å². The summed E-state index contributed by atoms with van der Waals surface area (Å²) in [5, 5.41) is 16.0. The molecule has 56 valence electrons. The Bertz CT molecular complexity index is 136. The van der Waals surface area contributed by atoms with Crippen LogP contribution in [0.3, 0.4) is 0 Å². The zero-order chi connectivity index (χ0) is 7.33. The van der Waals surface area contributed by atoms with Gasteiger partial charge in [0.1, 0.15) is 5.94 Å². The third kappa shape index (κ3) is 4.67. The van der Waals surface area contributed by atoms with Gasteiger partial charge in [-0.15, -0.1) is 0 Å². The van der Waals surface area contributed by atoms with E-state index in [4.69, 9.17) is 10.2 Å². The first-order valence-corrected chi connectivity index (χ1v) is 4.79. The molecule has 0 bridgehead atoms. The average molecular weight is 174 g/mol. The molecule has 0 amide bonds. The highest BCUT2D eigenvalue weighted by atomic mass is 33.1. The Morgan fingerprint density at radius 1 is 1.44 bits per heavy atom. The molecule has 0 heterocycles. The Balaban J connectivity index is 3.73. The lowest BCUT2D eigenvalue weighted by molar-refractivity contribution is 0.108. The minimum absolute atomic E-state index is 0.204. The fourth-order valence-electron chi connectivity index (χ4n) is 0.163. The lowest BCUT2D eigenvalue weighted by Crippen LogP contribution is -2.01. The van der Waals surface area contributed by atoms with E-state index >= 15 is 0 Å². The first kappa shape index (κ1) is 9.18. The van der Waals surface area contributed by atoms with Crippen LogP contribution in [-0.2, 0) is 13.3 Å². The van der Waals surface area contributed by atoms with Crippen LogP contribution < -0.4 is 0 Å². The van der Waals surface area contributed by atoms with Crippen molar-refractivity contribution in [2.24, 2.45) is 0 Å². The molecule has 0 aliphatic rings. The number of hydrogen-bond donors (Lipinski definition) is 2. The van der Waals surface area contributed by atoms with Gasteiger partial charge in [-0.25, -0.2) is 4.18 Å². The number of aliphatic hydroxyl groups excluding tert-OH is 2. The molecule has 0 aromatic heterocycles. The van der Waals surface area contributed by atoms with E-state index in [1.165, 1.54) is 0 Å². The average Bonchev–Trinajstić information content (AvgIpc) is 1.64. The van der Waals surface area contributed by atoms with Crippen LogP contribution in [0, 0.1) is 0 Å². The Morgan fingerprint density at radius 2 is 2.00 bits per heavy atom. The molecule has 0 unspecified atom stereocenters. The third-order valence-electron chi connectivity index (χ3n) is 0.394. The molecule has 0 radical (unpaired) electrons. The molecule has 0 aromatic carbocycles. The zero-order valence-electron chi connectivity index (χ0n) is 4.35. The summed E-state index contributed by atoms with van der Waals surface area (Å²) in [5.74, 6) is -0.581. The molecule has 9 heavy (non-hydrogen) atoms. The van der Waals surface area contributed by atoms with Crippen LogP contribution in [0.5, 0.6) is 0 Å². The summed E-state index contributed by atoms with van der Waals surface area (Å²) < 4.78 is 24.3. The van der Waals surface area contributed by atoms with E-state index in [0.29, 0.717) is 0 Å². The molecule has 2 N–H and O–H groups in total. The largest absolute Gasteiger partial charge is 0.385 e. The molecule has 0 aromatic rings. The summed E-state index contributed by atoms with van der Waals surface area (Å²) >= 11 is 0. The molecular formula is C2H6O5S2. The maximum absolute atomic E-state index is 10.3. The highest BCUT2D eigenvalue weighted by molar-refractivity contribution is 8.70. The number of aliphatic hydroxyl groups is 2. The minimum Gasteiger partial charge on any atom is -0.385 e. The SMILES string of the molecule is O=S(=O)(OCO)SCO. The van der Waals surface area contributed by atoms with E-state index in [0.717, 1.165) is 0 Å². The monoisotopic (exact) mass is 174 g/mol. The standard InChI is InChI=1S/C2H6O5S2/c3-1-7-9(5,6)8-2-4/h3-4H,1-2H2. The smallest absolute Gasteiger partial charge is 0.326 e. The fraction of sp³-hybridized carbons (Fsp3) is 1.00. The van der Waals surface area contributed by atoms with E-state index in [-0.39, 0.29) is 10.8 Å². The molecule has 0 aliphatic carbocycles. The third-order valence-corrected chi connectivity index (χ3v) is 2.65. The highest BCUT2D eigenvalue weighted by Gasteiger charge is 2.08. The van der Waals surface area contributed by atoms with Crippen LogP contribution in [0.15, 0.2) is 0 Å². The summed E-state index contributed by atoms with van der Waals surface area (Å²) in [5.41, 5.74) is 0. The minimum atomic E-state index is -3.77. The van der Waals surface area contributed by atoms with Crippen molar-refractivity contribution in [3.63, 3.8) is 0 Å². The number of rotatable bonds is 4. The van der Waals surface area contributed by atoms with Crippen molar-refractivity contribution >= 4 is 19.9 Å². The van der Waals surface area contributed by atoms with E-state index < -0.39 is 21.9 Å². The molecule has 5 nitrogen and oxygen atoms in total. The van der Waals surface area contributed by atoms with Gasteiger partial charge in [-0.2, -0.15) is 8.42 Å². The first-order valence-electron chi connectivity index (χ1n) is 1.88. The quantitative estimate of drug-likeness (QED) is 0.415. The summed E-state index contributed by atoms with van der Waals surface area (Å²) in [6.07, 6.45) is 0. The second-order valence-corrected chi connectivity index (χ2v) is 4.38. The van der Waals surface area contributed by atoms with Crippen molar-refractivity contribution in [2.45, 2.75) is 0 Å². The van der Waals surface area contributed by atoms with Gasteiger partial charge in [-0.1, -0.05) is 0 Å². The molecule has 0 rings (SSSR count). The van der Waals surface area contributed by atoms with Crippen LogP contribution in [0.1, 0.15) is 0 Å². The molecule has 7 heteroatoms. The van der Waals surface area contributed by atoms with Crippen LogP contribution in [0.2, 0.25) is 0 Å². The van der Waals surface area contributed by atoms with E-state index in [9.17, 15) is 8.42 Å². The van der Waals surface area contributed by atoms with Gasteiger partial charge in [0, 0.05) is 10.8 Å². The van der Waals surface area contributed by atoms with Gasteiger partial charge in [0.15, 0.2) is 6.79 Å². The van der Waals surface area contributed by atoms with Crippen LogP contribution in [0.25, 0.3) is 0 Å². The van der Waals surface area contributed by atoms with E-state index in [2.05, 4.69) is 4.18 Å². The van der Waals surface area contributed by atoms with Crippen LogP contribution in [-0.4, -0.2) is 31.4 Å². The van der Waals surface area contributed by atoms with Crippen molar-refractivity contribution in [2.75, 3.05) is 12.7 Å². The van der Waals surface area contributed by atoms with Crippen molar-refractivity contribution in [3.8, 4) is 0 Å². The summed E-state index contributed by atoms with van der Waals surface area (Å²) in [4.78, 5) is 0. The van der Waals surface area contributed by atoms with Gasteiger partial charge in [0.05, 0.1) is 0 Å². The molecular weight excluding hydrogens is 168 g/mol. The van der Waals surface area contributed by atoms with Crippen LogP contribution >= 0.6 is 10.8 Å². The Labute approximate surface area is 56.2 Å². The van der Waals surface area contributed by atoms with Gasteiger partial charge in [0.2, 0.25) is 0 Å². The predicted octanol–water partition coefficient (Wildman–Crippen LogP) is -1.12. The predicted molar refractivity (Wildman–Crippen MR) is 31.8 cm³/mol. The Kier molecular flexibility index (Phi) is 4.15. The van der Waals surface area contributed by atoms with Gasteiger partial charge in [0.25, 0.3) is 0 Å². The lowest BCUT2D eigenvalue weighted by atomic mass is 11.6. The van der Waals surface area contributed by atoms with Crippen molar-refractivity contribution in [3.05, 3.63) is 0 Å². The molecule has 0 atom stereocenters. The van der Waals surface area contributed by atoms with Crippen molar-refractivity contribution < 1.29 is 22.8 Å². The van der Waals surface area contributed by atoms with Crippen molar-refractivity contribution in [1.82, 2.24) is 0 Å². The van der Waals surface area contributed by atoms with Gasteiger partial charge in [-0.05, 0) is 0 Å². The second kappa shape index (κ2) is 4.07. The van der Waals surface area contributed by atoms with Crippen molar-refractivity contribution in [1.29, 1.82) is 0 Å². The molecule has 0 spiro atoms. The van der Waals surface area contributed by atoms with Gasteiger partial charge >= 0.3 is 9.15 Å². The highest BCUT2D eigenvalue weighted by Crippen LogP contribution is 2.10. The van der Waals surface area contributed by atoms with E-state index in [1.807, 2.05) is 0 Å². The second-order valence-electron chi connectivity index (χ2n) is 0.902. The number of hydrogen-bond acceptors (Lipinski definition) is 6. The lowest BCUT2D eigenvalue weighted by Gasteiger charge is -1.96. The molecule has 0 saturated heterocycles. The summed E-state index contributed by atoms with van der Waals surface area (Å²) in [6, 6.07) is 0. The molecule has 0 aliphatic heterocycles. The topological polar surface area (TPSA) is 83.8 Å². The normalized spacial score (nSPS) is 11.8. The van der Waals surface area contributed by atoms with E-state index in [1.54, 1.807) is 0 Å².